The Hall–Kier alpha value is -3.53. The number of nitrogens with zero attached hydrogens (tertiary/aromatic N) is 3. The van der Waals surface area contributed by atoms with Gasteiger partial charge < -0.3 is 19.9 Å². The summed E-state index contributed by atoms with van der Waals surface area (Å²) in [6.07, 6.45) is 0.595. The predicted octanol–water partition coefficient (Wildman–Crippen LogP) is 3.08. The van der Waals surface area contributed by atoms with E-state index in [4.69, 9.17) is 19.9 Å². The summed E-state index contributed by atoms with van der Waals surface area (Å²) in [5, 5.41) is 0. The SMILES string of the molecule is CC#CCCOc1nc(N)nc2ccc(-c3ccc(OC)c(OC)c3)nc12. The van der Waals surface area contributed by atoms with E-state index < -0.39 is 0 Å². The number of ether oxygens (including phenoxy) is 3. The number of aromatic nitrogens is 3. The van der Waals surface area contributed by atoms with Gasteiger partial charge in [-0.15, -0.1) is 11.8 Å². The van der Waals surface area contributed by atoms with E-state index in [1.807, 2.05) is 30.3 Å². The van der Waals surface area contributed by atoms with Gasteiger partial charge in [-0.05, 0) is 37.3 Å². The summed E-state index contributed by atoms with van der Waals surface area (Å²) in [6.45, 7) is 2.18. The number of nitrogens with two attached hydrogens (primary N) is 1. The minimum Gasteiger partial charge on any atom is -0.493 e. The summed E-state index contributed by atoms with van der Waals surface area (Å²) in [4.78, 5) is 13.1. The molecular weight excluding hydrogens is 344 g/mol. The summed E-state index contributed by atoms with van der Waals surface area (Å²) in [5.41, 5.74) is 8.54. The van der Waals surface area contributed by atoms with Gasteiger partial charge in [-0.25, -0.2) is 9.97 Å². The second kappa shape index (κ2) is 8.23. The molecule has 27 heavy (non-hydrogen) atoms. The molecule has 1 aromatic carbocycles. The highest BCUT2D eigenvalue weighted by molar-refractivity contribution is 5.83. The van der Waals surface area contributed by atoms with Gasteiger partial charge in [0.25, 0.3) is 0 Å². The lowest BCUT2D eigenvalue weighted by atomic mass is 10.1. The molecule has 0 saturated heterocycles. The zero-order chi connectivity index (χ0) is 19.2. The van der Waals surface area contributed by atoms with Crippen LogP contribution in [0, 0.1) is 11.8 Å². The molecule has 0 atom stereocenters. The fourth-order valence-electron chi connectivity index (χ4n) is 2.59. The summed E-state index contributed by atoms with van der Waals surface area (Å²) in [5.74, 6) is 7.54. The van der Waals surface area contributed by atoms with Gasteiger partial charge in [0, 0.05) is 12.0 Å². The van der Waals surface area contributed by atoms with Gasteiger partial charge in [0.1, 0.15) is 6.61 Å². The van der Waals surface area contributed by atoms with Crippen molar-refractivity contribution < 1.29 is 14.2 Å². The van der Waals surface area contributed by atoms with Crippen LogP contribution in [0.2, 0.25) is 0 Å². The summed E-state index contributed by atoms with van der Waals surface area (Å²) < 4.78 is 16.4. The van der Waals surface area contributed by atoms with Crippen molar-refractivity contribution in [2.75, 3.05) is 26.6 Å². The van der Waals surface area contributed by atoms with Crippen molar-refractivity contribution in [3.8, 4) is 40.5 Å². The van der Waals surface area contributed by atoms with E-state index in [9.17, 15) is 0 Å². The van der Waals surface area contributed by atoms with Crippen LogP contribution in [-0.2, 0) is 0 Å². The number of hydrogen-bond acceptors (Lipinski definition) is 7. The maximum absolute atomic E-state index is 5.79. The Bertz CT molecular complexity index is 1020. The molecule has 0 spiro atoms. The molecule has 0 amide bonds. The number of fused-ring (bicyclic) bond motifs is 1. The molecule has 0 aliphatic rings. The molecule has 0 unspecified atom stereocenters. The van der Waals surface area contributed by atoms with Crippen LogP contribution in [0.1, 0.15) is 13.3 Å². The molecule has 3 rings (SSSR count). The van der Waals surface area contributed by atoms with E-state index in [1.165, 1.54) is 0 Å². The standard InChI is InChI=1S/C20H20N4O3/c1-4-5-6-11-27-19-18-15(23-20(21)24-19)9-8-14(22-18)13-7-10-16(25-2)17(12-13)26-3/h7-10,12H,6,11H2,1-3H3,(H2,21,23,24). The number of methoxy groups -OCH3 is 2. The molecular formula is C20H20N4O3. The molecule has 7 nitrogen and oxygen atoms in total. The van der Waals surface area contributed by atoms with Gasteiger partial charge in [-0.3, -0.25) is 0 Å². The van der Waals surface area contributed by atoms with Gasteiger partial charge in [-0.2, -0.15) is 4.98 Å². The van der Waals surface area contributed by atoms with Gasteiger partial charge in [0.15, 0.2) is 17.0 Å². The van der Waals surface area contributed by atoms with Crippen molar-refractivity contribution in [1.82, 2.24) is 15.0 Å². The van der Waals surface area contributed by atoms with Gasteiger partial charge in [0.05, 0.1) is 25.4 Å². The molecule has 0 aliphatic carbocycles. The van der Waals surface area contributed by atoms with Crippen molar-refractivity contribution in [1.29, 1.82) is 0 Å². The van der Waals surface area contributed by atoms with Crippen LogP contribution in [-0.4, -0.2) is 35.8 Å². The summed E-state index contributed by atoms with van der Waals surface area (Å²) in [7, 11) is 3.19. The van der Waals surface area contributed by atoms with Crippen LogP contribution >= 0.6 is 0 Å². The second-order valence-electron chi connectivity index (χ2n) is 5.55. The lowest BCUT2D eigenvalue weighted by Gasteiger charge is -2.11. The molecule has 0 saturated carbocycles. The van der Waals surface area contributed by atoms with Crippen molar-refractivity contribution in [2.45, 2.75) is 13.3 Å². The average Bonchev–Trinajstić information content (AvgIpc) is 2.70. The highest BCUT2D eigenvalue weighted by Gasteiger charge is 2.13. The van der Waals surface area contributed by atoms with Crippen LogP contribution in [0.15, 0.2) is 30.3 Å². The van der Waals surface area contributed by atoms with Crippen molar-refractivity contribution in [3.05, 3.63) is 30.3 Å². The first-order chi connectivity index (χ1) is 13.2. The van der Waals surface area contributed by atoms with Gasteiger partial charge >= 0.3 is 0 Å². The van der Waals surface area contributed by atoms with Crippen LogP contribution in [0.4, 0.5) is 5.95 Å². The lowest BCUT2D eigenvalue weighted by molar-refractivity contribution is 0.318. The normalized spacial score (nSPS) is 10.2. The Morgan fingerprint density at radius 3 is 2.56 bits per heavy atom. The first-order valence-electron chi connectivity index (χ1n) is 8.35. The third-order valence-corrected chi connectivity index (χ3v) is 3.85. The maximum Gasteiger partial charge on any atom is 0.245 e. The Morgan fingerprint density at radius 1 is 1.00 bits per heavy atom. The molecule has 7 heteroatoms. The van der Waals surface area contributed by atoms with Crippen LogP contribution in [0.5, 0.6) is 17.4 Å². The van der Waals surface area contributed by atoms with E-state index in [2.05, 4.69) is 26.8 Å². The monoisotopic (exact) mass is 364 g/mol. The topological polar surface area (TPSA) is 92.4 Å². The highest BCUT2D eigenvalue weighted by Crippen LogP contribution is 2.33. The number of benzene rings is 1. The van der Waals surface area contributed by atoms with E-state index in [1.54, 1.807) is 21.1 Å². The van der Waals surface area contributed by atoms with E-state index in [-0.39, 0.29) is 5.95 Å². The van der Waals surface area contributed by atoms with Crippen molar-refractivity contribution in [3.63, 3.8) is 0 Å². The predicted molar refractivity (Wildman–Crippen MR) is 104 cm³/mol. The van der Waals surface area contributed by atoms with Gasteiger partial charge in [0.2, 0.25) is 11.8 Å². The summed E-state index contributed by atoms with van der Waals surface area (Å²) in [6, 6.07) is 9.31. The Kier molecular flexibility index (Phi) is 5.57. The Labute approximate surface area is 157 Å². The quantitative estimate of drug-likeness (QED) is 0.531. The average molecular weight is 364 g/mol. The van der Waals surface area contributed by atoms with Gasteiger partial charge in [-0.1, -0.05) is 0 Å². The van der Waals surface area contributed by atoms with E-state index in [0.29, 0.717) is 41.4 Å². The van der Waals surface area contributed by atoms with Crippen LogP contribution < -0.4 is 19.9 Å². The minimum atomic E-state index is 0.139. The fourth-order valence-corrected chi connectivity index (χ4v) is 2.59. The fraction of sp³-hybridized carbons (Fsp3) is 0.250. The first kappa shape index (κ1) is 18.3. The number of nitrogen functional groups attached to an aromatic ring is 1. The lowest BCUT2D eigenvalue weighted by Crippen LogP contribution is -2.04. The zero-order valence-electron chi connectivity index (χ0n) is 15.4. The van der Waals surface area contributed by atoms with E-state index >= 15 is 0 Å². The Balaban J connectivity index is 2.02. The molecule has 0 bridgehead atoms. The zero-order valence-corrected chi connectivity index (χ0v) is 15.4. The third kappa shape index (κ3) is 4.01. The molecule has 2 N–H and O–H groups in total. The maximum atomic E-state index is 5.79. The summed E-state index contributed by atoms with van der Waals surface area (Å²) >= 11 is 0. The number of anilines is 1. The largest absolute Gasteiger partial charge is 0.493 e. The minimum absolute atomic E-state index is 0.139. The first-order valence-corrected chi connectivity index (χ1v) is 8.35. The molecule has 2 heterocycles. The van der Waals surface area contributed by atoms with Crippen molar-refractivity contribution >= 4 is 17.0 Å². The molecule has 3 aromatic rings. The smallest absolute Gasteiger partial charge is 0.245 e. The number of hydrogen-bond donors (Lipinski definition) is 1. The molecule has 0 fully saturated rings. The molecule has 0 aliphatic heterocycles. The molecule has 0 radical (unpaired) electrons. The Morgan fingerprint density at radius 2 is 1.81 bits per heavy atom. The molecule has 138 valence electrons. The van der Waals surface area contributed by atoms with E-state index in [0.717, 1.165) is 11.3 Å². The third-order valence-electron chi connectivity index (χ3n) is 3.85. The van der Waals surface area contributed by atoms with Crippen LogP contribution in [0.25, 0.3) is 22.3 Å². The highest BCUT2D eigenvalue weighted by atomic mass is 16.5. The van der Waals surface area contributed by atoms with Crippen molar-refractivity contribution in [2.24, 2.45) is 0 Å². The number of rotatable bonds is 6. The van der Waals surface area contributed by atoms with Crippen LogP contribution in [0.3, 0.4) is 0 Å². The number of pyridine rings is 1. The molecule has 2 aromatic heterocycles. The second-order valence-corrected chi connectivity index (χ2v) is 5.55.